The summed E-state index contributed by atoms with van der Waals surface area (Å²) in [5, 5.41) is 12.9. The summed E-state index contributed by atoms with van der Waals surface area (Å²) in [4.78, 5) is 11.9. The number of nitrogens with zero attached hydrogens (tertiary/aromatic N) is 3. The number of hydrogen-bond acceptors (Lipinski definition) is 4. The molecule has 2 aromatic heterocycles. The van der Waals surface area contributed by atoms with E-state index < -0.39 is 0 Å². The maximum Gasteiger partial charge on any atom is 0.252 e. The zero-order chi connectivity index (χ0) is 12.5. The first kappa shape index (κ1) is 11.9. The molecule has 0 bridgehead atoms. The third kappa shape index (κ3) is 2.20. The number of aromatic nitrogens is 3. The van der Waals surface area contributed by atoms with E-state index >= 15 is 0 Å². The van der Waals surface area contributed by atoms with Gasteiger partial charge < -0.3 is 9.88 Å². The molecular formula is C11H11BrN4OS. The second kappa shape index (κ2) is 4.81. The molecule has 1 amide bonds. The highest BCUT2D eigenvalue weighted by Crippen LogP contribution is 2.20. The minimum Gasteiger partial charge on any atom is -0.345 e. The van der Waals surface area contributed by atoms with E-state index in [1.165, 1.54) is 11.3 Å². The molecule has 7 heteroatoms. The molecule has 0 radical (unpaired) electrons. The van der Waals surface area contributed by atoms with E-state index in [0.717, 1.165) is 34.8 Å². The van der Waals surface area contributed by atoms with E-state index in [4.69, 9.17) is 0 Å². The Kier molecular flexibility index (Phi) is 3.17. The molecule has 1 aliphatic heterocycles. The molecule has 0 fully saturated rings. The van der Waals surface area contributed by atoms with Gasteiger partial charge in [-0.05, 0) is 28.4 Å². The first-order chi connectivity index (χ1) is 8.74. The number of hydrogen-bond donors (Lipinski definition) is 1. The normalized spacial score (nSPS) is 13.6. The lowest BCUT2D eigenvalue weighted by atomic mass is 10.3. The fourth-order valence-electron chi connectivity index (χ4n) is 2.03. The molecule has 0 saturated heterocycles. The minimum absolute atomic E-state index is 0.0766. The van der Waals surface area contributed by atoms with Gasteiger partial charge >= 0.3 is 0 Å². The summed E-state index contributed by atoms with van der Waals surface area (Å²) in [6, 6.07) is 1.81. The van der Waals surface area contributed by atoms with Gasteiger partial charge in [0.25, 0.3) is 5.91 Å². The van der Waals surface area contributed by atoms with Gasteiger partial charge in [0.1, 0.15) is 5.82 Å². The third-order valence-electron chi connectivity index (χ3n) is 2.92. The van der Waals surface area contributed by atoms with Gasteiger partial charge in [-0.25, -0.2) is 0 Å². The van der Waals surface area contributed by atoms with Gasteiger partial charge in [-0.2, -0.15) is 0 Å². The van der Waals surface area contributed by atoms with Crippen LogP contribution in [0, 0.1) is 0 Å². The van der Waals surface area contributed by atoms with Crippen LogP contribution in [0.1, 0.15) is 28.4 Å². The van der Waals surface area contributed by atoms with Gasteiger partial charge in [-0.3, -0.25) is 4.79 Å². The standard InChI is InChI=1S/C11H11BrN4OS/c12-8-4-7(6-18-8)11(17)13-5-10-15-14-9-2-1-3-16(9)10/h4,6H,1-3,5H2,(H,13,17). The smallest absolute Gasteiger partial charge is 0.252 e. The molecule has 1 N–H and O–H groups in total. The molecule has 94 valence electrons. The number of carbonyl (C=O) groups is 1. The molecule has 2 aromatic rings. The predicted octanol–water partition coefficient (Wildman–Crippen LogP) is 1.98. The first-order valence-electron chi connectivity index (χ1n) is 5.67. The number of halogens is 1. The van der Waals surface area contributed by atoms with Crippen LogP contribution in [0.2, 0.25) is 0 Å². The molecule has 1 aliphatic rings. The monoisotopic (exact) mass is 326 g/mol. The van der Waals surface area contributed by atoms with Crippen LogP contribution in [0.3, 0.4) is 0 Å². The summed E-state index contributed by atoms with van der Waals surface area (Å²) in [5.41, 5.74) is 0.674. The SMILES string of the molecule is O=C(NCc1nnc2n1CCC2)c1csc(Br)c1. The van der Waals surface area contributed by atoms with Crippen molar-refractivity contribution in [1.82, 2.24) is 20.1 Å². The largest absolute Gasteiger partial charge is 0.345 e. The molecule has 5 nitrogen and oxygen atoms in total. The Morgan fingerprint density at radius 3 is 3.22 bits per heavy atom. The van der Waals surface area contributed by atoms with Crippen LogP contribution in [0.15, 0.2) is 15.2 Å². The van der Waals surface area contributed by atoms with E-state index in [9.17, 15) is 4.79 Å². The molecule has 0 aliphatic carbocycles. The van der Waals surface area contributed by atoms with E-state index in [0.29, 0.717) is 12.1 Å². The van der Waals surface area contributed by atoms with Crippen molar-refractivity contribution in [2.75, 3.05) is 0 Å². The van der Waals surface area contributed by atoms with E-state index in [2.05, 4.69) is 36.0 Å². The molecular weight excluding hydrogens is 316 g/mol. The maximum atomic E-state index is 11.9. The Hall–Kier alpha value is -1.21. The lowest BCUT2D eigenvalue weighted by Gasteiger charge is -2.04. The summed E-state index contributed by atoms with van der Waals surface area (Å²) in [7, 11) is 0. The topological polar surface area (TPSA) is 59.8 Å². The Bertz CT molecular complexity index is 592. The van der Waals surface area contributed by atoms with E-state index in [1.807, 2.05) is 11.4 Å². The van der Waals surface area contributed by atoms with Crippen LogP contribution in [-0.2, 0) is 19.5 Å². The molecule has 0 spiro atoms. The van der Waals surface area contributed by atoms with Crippen molar-refractivity contribution < 1.29 is 4.79 Å². The number of thiophene rings is 1. The summed E-state index contributed by atoms with van der Waals surface area (Å²) in [6.45, 7) is 1.39. The van der Waals surface area contributed by atoms with Crippen LogP contribution in [-0.4, -0.2) is 20.7 Å². The van der Waals surface area contributed by atoms with Gasteiger partial charge in [0.2, 0.25) is 0 Å². The van der Waals surface area contributed by atoms with Crippen molar-refractivity contribution in [2.24, 2.45) is 0 Å². The number of aryl methyl sites for hydroxylation is 1. The number of carbonyl (C=O) groups excluding carboxylic acids is 1. The number of rotatable bonds is 3. The highest BCUT2D eigenvalue weighted by molar-refractivity contribution is 9.11. The second-order valence-electron chi connectivity index (χ2n) is 4.11. The van der Waals surface area contributed by atoms with Crippen molar-refractivity contribution in [1.29, 1.82) is 0 Å². The quantitative estimate of drug-likeness (QED) is 0.938. The maximum absolute atomic E-state index is 11.9. The second-order valence-corrected chi connectivity index (χ2v) is 6.40. The summed E-state index contributed by atoms with van der Waals surface area (Å²) in [5.74, 6) is 1.79. The molecule has 3 rings (SSSR count). The van der Waals surface area contributed by atoms with Gasteiger partial charge in [-0.1, -0.05) is 0 Å². The van der Waals surface area contributed by atoms with E-state index in [-0.39, 0.29) is 5.91 Å². The highest BCUT2D eigenvalue weighted by Gasteiger charge is 2.17. The van der Waals surface area contributed by atoms with Crippen molar-refractivity contribution in [3.05, 3.63) is 32.4 Å². The highest BCUT2D eigenvalue weighted by atomic mass is 79.9. The van der Waals surface area contributed by atoms with Gasteiger partial charge in [0.15, 0.2) is 5.82 Å². The number of amides is 1. The van der Waals surface area contributed by atoms with Crippen molar-refractivity contribution in [3.63, 3.8) is 0 Å². The lowest BCUT2D eigenvalue weighted by molar-refractivity contribution is 0.0950. The number of nitrogens with one attached hydrogen (secondary N) is 1. The Labute approximate surface area is 116 Å². The van der Waals surface area contributed by atoms with Gasteiger partial charge in [-0.15, -0.1) is 21.5 Å². The Morgan fingerprint density at radius 1 is 1.56 bits per heavy atom. The Balaban J connectivity index is 1.66. The van der Waals surface area contributed by atoms with Crippen LogP contribution in [0.5, 0.6) is 0 Å². The molecule has 0 saturated carbocycles. The van der Waals surface area contributed by atoms with Gasteiger partial charge in [0, 0.05) is 18.3 Å². The summed E-state index contributed by atoms with van der Waals surface area (Å²) < 4.78 is 3.04. The predicted molar refractivity (Wildman–Crippen MR) is 71.5 cm³/mol. The molecule has 18 heavy (non-hydrogen) atoms. The fraction of sp³-hybridized carbons (Fsp3) is 0.364. The zero-order valence-electron chi connectivity index (χ0n) is 9.52. The van der Waals surface area contributed by atoms with E-state index in [1.54, 1.807) is 0 Å². The molecule has 3 heterocycles. The minimum atomic E-state index is -0.0766. The van der Waals surface area contributed by atoms with Crippen LogP contribution < -0.4 is 5.32 Å². The van der Waals surface area contributed by atoms with Crippen LogP contribution >= 0.6 is 27.3 Å². The average Bonchev–Trinajstić information content (AvgIpc) is 3.02. The van der Waals surface area contributed by atoms with Crippen LogP contribution in [0.25, 0.3) is 0 Å². The number of fused-ring (bicyclic) bond motifs is 1. The molecule has 0 atom stereocenters. The van der Waals surface area contributed by atoms with Crippen molar-refractivity contribution >= 4 is 33.2 Å². The summed E-state index contributed by atoms with van der Waals surface area (Å²) >= 11 is 4.84. The molecule has 0 unspecified atom stereocenters. The average molecular weight is 327 g/mol. The molecule has 0 aromatic carbocycles. The van der Waals surface area contributed by atoms with Crippen LogP contribution in [0.4, 0.5) is 0 Å². The third-order valence-corrected chi connectivity index (χ3v) is 4.43. The fourth-order valence-corrected chi connectivity index (χ4v) is 3.17. The first-order valence-corrected chi connectivity index (χ1v) is 7.34. The Morgan fingerprint density at radius 2 is 2.44 bits per heavy atom. The zero-order valence-corrected chi connectivity index (χ0v) is 11.9. The van der Waals surface area contributed by atoms with Crippen molar-refractivity contribution in [3.8, 4) is 0 Å². The van der Waals surface area contributed by atoms with Crippen molar-refractivity contribution in [2.45, 2.75) is 25.9 Å². The summed E-state index contributed by atoms with van der Waals surface area (Å²) in [6.07, 6.45) is 2.10. The van der Waals surface area contributed by atoms with Gasteiger partial charge in [0.05, 0.1) is 15.9 Å². The lowest BCUT2D eigenvalue weighted by Crippen LogP contribution is -2.24.